The van der Waals surface area contributed by atoms with E-state index >= 15 is 0 Å². The summed E-state index contributed by atoms with van der Waals surface area (Å²) in [4.78, 5) is 34.4. The predicted molar refractivity (Wildman–Crippen MR) is 125 cm³/mol. The van der Waals surface area contributed by atoms with Gasteiger partial charge in [-0.05, 0) is 47.5 Å². The molecule has 3 aromatic carbocycles. The summed E-state index contributed by atoms with van der Waals surface area (Å²) < 4.78 is 16.4. The molecule has 1 unspecified atom stereocenters. The molecule has 35 heavy (non-hydrogen) atoms. The Labute approximate surface area is 200 Å². The van der Waals surface area contributed by atoms with Gasteiger partial charge in [0, 0.05) is 17.7 Å². The SMILES string of the molecule is COc1cc(/C=N/NC(=O)CC2OC(=O)c3ccccc32)ccc1OCc1ccc([N+](=O)[O-])cc1. The molecular weight excluding hydrogens is 454 g/mol. The van der Waals surface area contributed by atoms with Crippen LogP contribution < -0.4 is 14.9 Å². The number of cyclic esters (lactones) is 1. The van der Waals surface area contributed by atoms with Gasteiger partial charge in [0.05, 0.1) is 30.2 Å². The molecule has 0 aliphatic carbocycles. The molecule has 0 fully saturated rings. The maximum absolute atomic E-state index is 12.3. The topological polar surface area (TPSA) is 129 Å². The lowest BCUT2D eigenvalue weighted by molar-refractivity contribution is -0.384. The minimum absolute atomic E-state index is 0.0103. The number of hydrogen-bond donors (Lipinski definition) is 1. The van der Waals surface area contributed by atoms with Crippen LogP contribution in [0.4, 0.5) is 5.69 Å². The van der Waals surface area contributed by atoms with Crippen LogP contribution in [-0.2, 0) is 16.1 Å². The van der Waals surface area contributed by atoms with Gasteiger partial charge in [-0.15, -0.1) is 0 Å². The quantitative estimate of drug-likeness (QED) is 0.215. The number of ether oxygens (including phenoxy) is 3. The highest BCUT2D eigenvalue weighted by Crippen LogP contribution is 2.32. The molecule has 3 aromatic rings. The van der Waals surface area contributed by atoms with Crippen molar-refractivity contribution in [3.8, 4) is 11.5 Å². The molecule has 1 N–H and O–H groups in total. The Morgan fingerprint density at radius 1 is 1.14 bits per heavy atom. The first-order chi connectivity index (χ1) is 16.9. The van der Waals surface area contributed by atoms with E-state index in [9.17, 15) is 19.7 Å². The fourth-order valence-electron chi connectivity index (χ4n) is 3.52. The summed E-state index contributed by atoms with van der Waals surface area (Å²) in [6.45, 7) is 0.201. The van der Waals surface area contributed by atoms with Gasteiger partial charge in [0.25, 0.3) is 5.69 Å². The highest BCUT2D eigenvalue weighted by Gasteiger charge is 2.31. The molecule has 0 bridgehead atoms. The van der Waals surface area contributed by atoms with Crippen molar-refractivity contribution in [2.45, 2.75) is 19.1 Å². The third-order valence-corrected chi connectivity index (χ3v) is 5.28. The smallest absolute Gasteiger partial charge is 0.339 e. The Hall–Kier alpha value is -4.73. The minimum atomic E-state index is -0.638. The number of benzene rings is 3. The standard InChI is InChI=1S/C25H21N3O7/c1-33-23-12-17(8-11-21(23)34-15-16-6-9-18(10-7-16)28(31)32)14-26-27-24(29)13-22-19-4-2-3-5-20(19)25(30)35-22/h2-12,14,22H,13,15H2,1H3,(H,27,29)/b26-14+. The van der Waals surface area contributed by atoms with Crippen LogP contribution in [0.1, 0.15) is 39.6 Å². The van der Waals surface area contributed by atoms with Crippen molar-refractivity contribution in [2.24, 2.45) is 5.10 Å². The maximum atomic E-state index is 12.3. The van der Waals surface area contributed by atoms with E-state index in [1.54, 1.807) is 54.6 Å². The molecule has 1 amide bonds. The van der Waals surface area contributed by atoms with Crippen LogP contribution in [0.15, 0.2) is 71.8 Å². The number of hydrogen-bond acceptors (Lipinski definition) is 8. The van der Waals surface area contributed by atoms with E-state index in [1.165, 1.54) is 25.5 Å². The van der Waals surface area contributed by atoms with E-state index < -0.39 is 22.9 Å². The van der Waals surface area contributed by atoms with Crippen LogP contribution in [0.2, 0.25) is 0 Å². The first kappa shape index (κ1) is 23.4. The monoisotopic (exact) mass is 475 g/mol. The average Bonchev–Trinajstić information content (AvgIpc) is 3.18. The summed E-state index contributed by atoms with van der Waals surface area (Å²) in [6.07, 6.45) is 0.773. The fraction of sp³-hybridized carbons (Fsp3) is 0.160. The summed E-state index contributed by atoms with van der Waals surface area (Å²) >= 11 is 0. The Kier molecular flexibility index (Phi) is 7.01. The molecular formula is C25H21N3O7. The predicted octanol–water partition coefficient (Wildman–Crippen LogP) is 3.93. The van der Waals surface area contributed by atoms with Gasteiger partial charge in [-0.25, -0.2) is 10.2 Å². The summed E-state index contributed by atoms with van der Waals surface area (Å²) in [5, 5.41) is 14.7. The molecule has 0 radical (unpaired) electrons. The summed E-state index contributed by atoms with van der Waals surface area (Å²) in [7, 11) is 1.50. The molecule has 0 saturated carbocycles. The van der Waals surface area contributed by atoms with E-state index in [1.807, 2.05) is 0 Å². The Balaban J connectivity index is 1.32. The number of amides is 1. The third kappa shape index (κ3) is 5.61. The highest BCUT2D eigenvalue weighted by molar-refractivity contribution is 5.94. The summed E-state index contributed by atoms with van der Waals surface area (Å²) in [6, 6.07) is 18.2. The van der Waals surface area contributed by atoms with Crippen molar-refractivity contribution in [1.29, 1.82) is 0 Å². The second-order valence-corrected chi connectivity index (χ2v) is 7.60. The van der Waals surface area contributed by atoms with Crippen LogP contribution >= 0.6 is 0 Å². The van der Waals surface area contributed by atoms with E-state index in [0.717, 1.165) is 5.56 Å². The minimum Gasteiger partial charge on any atom is -0.493 e. The number of nitro groups is 1. The second-order valence-electron chi connectivity index (χ2n) is 7.60. The first-order valence-corrected chi connectivity index (χ1v) is 10.6. The molecule has 1 aliphatic rings. The van der Waals surface area contributed by atoms with Gasteiger partial charge in [-0.3, -0.25) is 14.9 Å². The van der Waals surface area contributed by atoms with Crippen molar-refractivity contribution in [3.05, 3.63) is 99.1 Å². The zero-order valence-electron chi connectivity index (χ0n) is 18.7. The van der Waals surface area contributed by atoms with E-state index in [2.05, 4.69) is 10.5 Å². The fourth-order valence-corrected chi connectivity index (χ4v) is 3.52. The third-order valence-electron chi connectivity index (χ3n) is 5.28. The molecule has 10 heteroatoms. The van der Waals surface area contributed by atoms with Gasteiger partial charge in [0.15, 0.2) is 11.5 Å². The van der Waals surface area contributed by atoms with Gasteiger partial charge < -0.3 is 14.2 Å². The lowest BCUT2D eigenvalue weighted by Gasteiger charge is -2.11. The number of nitrogens with one attached hydrogen (secondary N) is 1. The normalized spacial score (nSPS) is 14.3. The number of rotatable bonds is 9. The number of esters is 1. The lowest BCUT2D eigenvalue weighted by Crippen LogP contribution is -2.20. The average molecular weight is 475 g/mol. The Morgan fingerprint density at radius 3 is 2.66 bits per heavy atom. The number of carbonyl (C=O) groups is 2. The van der Waals surface area contributed by atoms with Crippen LogP contribution in [0.25, 0.3) is 0 Å². The van der Waals surface area contributed by atoms with Crippen molar-refractivity contribution in [2.75, 3.05) is 7.11 Å². The Bertz CT molecular complexity index is 1290. The van der Waals surface area contributed by atoms with Crippen LogP contribution in [0.3, 0.4) is 0 Å². The highest BCUT2D eigenvalue weighted by atomic mass is 16.6. The molecule has 1 aliphatic heterocycles. The van der Waals surface area contributed by atoms with Gasteiger partial charge >= 0.3 is 5.97 Å². The molecule has 10 nitrogen and oxygen atoms in total. The summed E-state index contributed by atoms with van der Waals surface area (Å²) in [5.41, 5.74) is 5.02. The largest absolute Gasteiger partial charge is 0.493 e. The van der Waals surface area contributed by atoms with Crippen LogP contribution in [0.5, 0.6) is 11.5 Å². The molecule has 1 heterocycles. The summed E-state index contributed by atoms with van der Waals surface area (Å²) in [5.74, 6) is 0.0982. The van der Waals surface area contributed by atoms with Gasteiger partial charge in [0.2, 0.25) is 5.91 Å². The Morgan fingerprint density at radius 2 is 1.91 bits per heavy atom. The number of nitrogens with zero attached hydrogens (tertiary/aromatic N) is 2. The number of nitro benzene ring substituents is 1. The van der Waals surface area contributed by atoms with Crippen molar-refractivity contribution >= 4 is 23.8 Å². The molecule has 178 valence electrons. The molecule has 0 aromatic heterocycles. The van der Waals surface area contributed by atoms with Crippen molar-refractivity contribution in [1.82, 2.24) is 5.43 Å². The number of methoxy groups -OCH3 is 1. The lowest BCUT2D eigenvalue weighted by atomic mass is 10.0. The van der Waals surface area contributed by atoms with Crippen LogP contribution in [-0.4, -0.2) is 30.1 Å². The molecule has 1 atom stereocenters. The van der Waals surface area contributed by atoms with Gasteiger partial charge in [0.1, 0.15) is 12.7 Å². The number of non-ortho nitro benzene ring substituents is 1. The number of fused-ring (bicyclic) bond motifs is 1. The molecule has 0 spiro atoms. The van der Waals surface area contributed by atoms with E-state index in [0.29, 0.717) is 28.2 Å². The zero-order valence-corrected chi connectivity index (χ0v) is 18.7. The van der Waals surface area contributed by atoms with Gasteiger partial charge in [-0.2, -0.15) is 5.10 Å². The second kappa shape index (κ2) is 10.5. The number of carbonyl (C=O) groups excluding carboxylic acids is 2. The van der Waals surface area contributed by atoms with Crippen molar-refractivity contribution in [3.63, 3.8) is 0 Å². The molecule has 4 rings (SSSR count). The van der Waals surface area contributed by atoms with E-state index in [4.69, 9.17) is 14.2 Å². The van der Waals surface area contributed by atoms with E-state index in [-0.39, 0.29) is 18.7 Å². The van der Waals surface area contributed by atoms with Crippen LogP contribution in [0, 0.1) is 10.1 Å². The van der Waals surface area contributed by atoms with Crippen molar-refractivity contribution < 1.29 is 28.7 Å². The first-order valence-electron chi connectivity index (χ1n) is 10.6. The maximum Gasteiger partial charge on any atom is 0.339 e. The number of hydrazone groups is 1. The molecule has 0 saturated heterocycles. The zero-order chi connectivity index (χ0) is 24.8. The van der Waals surface area contributed by atoms with Gasteiger partial charge in [-0.1, -0.05) is 18.2 Å².